The van der Waals surface area contributed by atoms with E-state index in [4.69, 9.17) is 4.74 Å². The van der Waals surface area contributed by atoms with Crippen LogP contribution in [-0.4, -0.2) is 35.9 Å². The van der Waals surface area contributed by atoms with E-state index in [0.29, 0.717) is 5.75 Å². The summed E-state index contributed by atoms with van der Waals surface area (Å²) in [4.78, 5) is 35.8. The van der Waals surface area contributed by atoms with E-state index in [-0.39, 0.29) is 42.4 Å². The second kappa shape index (κ2) is 6.23. The lowest BCUT2D eigenvalue weighted by Crippen LogP contribution is -2.46. The number of fused-ring (bicyclic) bond motifs is 1. The lowest BCUT2D eigenvalue weighted by molar-refractivity contribution is -0.384. The highest BCUT2D eigenvalue weighted by molar-refractivity contribution is 6.02. The zero-order valence-corrected chi connectivity index (χ0v) is 12.5. The molecule has 1 aliphatic heterocycles. The first kappa shape index (κ1) is 15.3. The van der Waals surface area contributed by atoms with Gasteiger partial charge in [-0.05, 0) is 18.9 Å². The molecule has 2 aliphatic rings. The number of hydrogen-bond donors (Lipinski definition) is 1. The molecule has 8 heteroatoms. The summed E-state index contributed by atoms with van der Waals surface area (Å²) in [5, 5.41) is 13.8. The Morgan fingerprint density at radius 3 is 2.83 bits per heavy atom. The number of amides is 2. The van der Waals surface area contributed by atoms with Crippen LogP contribution in [0.25, 0.3) is 0 Å². The van der Waals surface area contributed by atoms with E-state index in [9.17, 15) is 19.7 Å². The molecule has 1 N–H and O–H groups in total. The minimum Gasteiger partial charge on any atom is -0.482 e. The van der Waals surface area contributed by atoms with Gasteiger partial charge in [-0.15, -0.1) is 0 Å². The molecule has 1 heterocycles. The van der Waals surface area contributed by atoms with E-state index in [1.165, 1.54) is 23.1 Å². The smallest absolute Gasteiger partial charge is 0.271 e. The third kappa shape index (κ3) is 3.25. The van der Waals surface area contributed by atoms with Crippen molar-refractivity contribution in [2.75, 3.05) is 18.1 Å². The van der Waals surface area contributed by atoms with Crippen LogP contribution in [0.15, 0.2) is 18.2 Å². The molecule has 1 aromatic rings. The van der Waals surface area contributed by atoms with Crippen LogP contribution < -0.4 is 15.0 Å². The summed E-state index contributed by atoms with van der Waals surface area (Å²) in [6, 6.07) is 4.17. The molecular weight excluding hydrogens is 302 g/mol. The maximum Gasteiger partial charge on any atom is 0.271 e. The molecule has 23 heavy (non-hydrogen) atoms. The molecule has 0 saturated heterocycles. The van der Waals surface area contributed by atoms with Gasteiger partial charge in [-0.2, -0.15) is 0 Å². The molecule has 0 radical (unpaired) electrons. The third-order valence-corrected chi connectivity index (χ3v) is 4.12. The van der Waals surface area contributed by atoms with Crippen molar-refractivity contribution in [3.63, 3.8) is 0 Å². The number of hydrogen-bond acceptors (Lipinski definition) is 5. The van der Waals surface area contributed by atoms with E-state index in [0.717, 1.165) is 25.7 Å². The monoisotopic (exact) mass is 319 g/mol. The van der Waals surface area contributed by atoms with Crippen LogP contribution in [0, 0.1) is 10.1 Å². The quantitative estimate of drug-likeness (QED) is 0.667. The second-order valence-corrected chi connectivity index (χ2v) is 5.73. The molecule has 1 fully saturated rings. The molecule has 0 aromatic heterocycles. The van der Waals surface area contributed by atoms with Crippen molar-refractivity contribution in [1.29, 1.82) is 0 Å². The van der Waals surface area contributed by atoms with Crippen LogP contribution in [0.2, 0.25) is 0 Å². The maximum atomic E-state index is 12.2. The highest BCUT2D eigenvalue weighted by atomic mass is 16.6. The molecule has 0 bridgehead atoms. The number of anilines is 1. The van der Waals surface area contributed by atoms with Crippen molar-refractivity contribution in [3.05, 3.63) is 28.3 Å². The average molecular weight is 319 g/mol. The fraction of sp³-hybridized carbons (Fsp3) is 0.467. The number of nitrogens with one attached hydrogen (secondary N) is 1. The lowest BCUT2D eigenvalue weighted by Gasteiger charge is -2.29. The van der Waals surface area contributed by atoms with Crippen LogP contribution in [-0.2, 0) is 9.59 Å². The molecule has 8 nitrogen and oxygen atoms in total. The van der Waals surface area contributed by atoms with Gasteiger partial charge in [-0.3, -0.25) is 24.6 Å². The van der Waals surface area contributed by atoms with Crippen LogP contribution in [0.3, 0.4) is 0 Å². The number of nitro benzene ring substituents is 1. The van der Waals surface area contributed by atoms with Crippen molar-refractivity contribution in [2.45, 2.75) is 31.7 Å². The molecule has 1 aliphatic carbocycles. The number of nitrogens with zero attached hydrogens (tertiary/aromatic N) is 2. The summed E-state index contributed by atoms with van der Waals surface area (Å²) < 4.78 is 5.27. The first-order valence-corrected chi connectivity index (χ1v) is 7.55. The Morgan fingerprint density at radius 1 is 1.39 bits per heavy atom. The van der Waals surface area contributed by atoms with Gasteiger partial charge in [0.1, 0.15) is 12.3 Å². The molecule has 1 saturated carbocycles. The second-order valence-electron chi connectivity index (χ2n) is 5.73. The van der Waals surface area contributed by atoms with Gasteiger partial charge < -0.3 is 10.1 Å². The summed E-state index contributed by atoms with van der Waals surface area (Å²) in [5.74, 6) is -0.284. The van der Waals surface area contributed by atoms with Gasteiger partial charge in [0.15, 0.2) is 6.61 Å². The topological polar surface area (TPSA) is 102 Å². The number of benzene rings is 1. The standard InChI is InChI=1S/C15H17N3O5/c19-14(16-10-3-1-2-4-10)8-17-12-7-11(18(21)22)5-6-13(12)23-9-15(17)20/h5-7,10H,1-4,8-9H2,(H,16,19). The van der Waals surface area contributed by atoms with Crippen LogP contribution in [0.1, 0.15) is 25.7 Å². The Bertz CT molecular complexity index is 655. The van der Waals surface area contributed by atoms with E-state index in [1.807, 2.05) is 0 Å². The molecule has 0 unspecified atom stereocenters. The molecule has 0 spiro atoms. The van der Waals surface area contributed by atoms with Crippen molar-refractivity contribution < 1.29 is 19.2 Å². The predicted octanol–water partition coefficient (Wildman–Crippen LogP) is 1.38. The summed E-state index contributed by atoms with van der Waals surface area (Å²) in [6.45, 7) is -0.339. The number of carbonyl (C=O) groups is 2. The highest BCUT2D eigenvalue weighted by Gasteiger charge is 2.30. The first-order chi connectivity index (χ1) is 11.0. The number of carbonyl (C=O) groups excluding carboxylic acids is 2. The Balaban J connectivity index is 1.78. The van der Waals surface area contributed by atoms with Gasteiger partial charge in [-0.1, -0.05) is 12.8 Å². The summed E-state index contributed by atoms with van der Waals surface area (Å²) in [6.07, 6.45) is 4.09. The molecule has 3 rings (SSSR count). The number of non-ortho nitro benzene ring substituents is 1. The van der Waals surface area contributed by atoms with Crippen molar-refractivity contribution in [2.24, 2.45) is 0 Å². The number of ether oxygens (including phenoxy) is 1. The maximum absolute atomic E-state index is 12.2. The van der Waals surface area contributed by atoms with Gasteiger partial charge in [0.25, 0.3) is 11.6 Å². The molecule has 1 aromatic carbocycles. The SMILES string of the molecule is O=C(CN1C(=O)COc2ccc([N+](=O)[O-])cc21)NC1CCCC1. The van der Waals surface area contributed by atoms with Crippen LogP contribution >= 0.6 is 0 Å². The number of rotatable bonds is 4. The first-order valence-electron chi connectivity index (χ1n) is 7.55. The minimum absolute atomic E-state index is 0.150. The normalized spacial score (nSPS) is 17.6. The van der Waals surface area contributed by atoms with E-state index in [2.05, 4.69) is 5.32 Å². The van der Waals surface area contributed by atoms with Gasteiger partial charge in [0, 0.05) is 18.2 Å². The van der Waals surface area contributed by atoms with Crippen LogP contribution in [0.5, 0.6) is 5.75 Å². The summed E-state index contributed by atoms with van der Waals surface area (Å²) in [7, 11) is 0. The Labute approximate surface area is 132 Å². The third-order valence-electron chi connectivity index (χ3n) is 4.12. The molecule has 2 amide bonds. The molecule has 122 valence electrons. The Hall–Kier alpha value is -2.64. The minimum atomic E-state index is -0.545. The Morgan fingerprint density at radius 2 is 2.13 bits per heavy atom. The van der Waals surface area contributed by atoms with E-state index in [1.54, 1.807) is 0 Å². The summed E-state index contributed by atoms with van der Waals surface area (Å²) >= 11 is 0. The van der Waals surface area contributed by atoms with Gasteiger partial charge in [-0.25, -0.2) is 0 Å². The van der Waals surface area contributed by atoms with Gasteiger partial charge in [0.2, 0.25) is 5.91 Å². The fourth-order valence-electron chi connectivity index (χ4n) is 2.96. The summed E-state index contributed by atoms with van der Waals surface area (Å²) in [5.41, 5.74) is 0.111. The van der Waals surface area contributed by atoms with Crippen LogP contribution in [0.4, 0.5) is 11.4 Å². The van der Waals surface area contributed by atoms with Crippen molar-refractivity contribution in [1.82, 2.24) is 5.32 Å². The largest absolute Gasteiger partial charge is 0.482 e. The number of nitro groups is 1. The van der Waals surface area contributed by atoms with Gasteiger partial charge in [0.05, 0.1) is 10.6 Å². The lowest BCUT2D eigenvalue weighted by atomic mass is 10.2. The van der Waals surface area contributed by atoms with Crippen molar-refractivity contribution >= 4 is 23.2 Å². The zero-order valence-electron chi connectivity index (χ0n) is 12.5. The van der Waals surface area contributed by atoms with Gasteiger partial charge >= 0.3 is 0 Å². The highest BCUT2D eigenvalue weighted by Crippen LogP contribution is 2.35. The zero-order chi connectivity index (χ0) is 16.4. The average Bonchev–Trinajstić information content (AvgIpc) is 3.02. The van der Waals surface area contributed by atoms with E-state index >= 15 is 0 Å². The Kier molecular flexibility index (Phi) is 4.14. The molecule has 0 atom stereocenters. The fourth-order valence-corrected chi connectivity index (χ4v) is 2.96. The van der Waals surface area contributed by atoms with Crippen molar-refractivity contribution in [3.8, 4) is 5.75 Å². The predicted molar refractivity (Wildman–Crippen MR) is 81.3 cm³/mol. The van der Waals surface area contributed by atoms with E-state index < -0.39 is 4.92 Å². The molecular formula is C15H17N3O5.